The highest BCUT2D eigenvalue weighted by Crippen LogP contribution is 2.13. The maximum atomic E-state index is 12.6. The molecule has 2 rings (SSSR count). The first-order chi connectivity index (χ1) is 8.54. The van der Waals surface area contributed by atoms with Crippen molar-refractivity contribution in [3.63, 3.8) is 0 Å². The summed E-state index contributed by atoms with van der Waals surface area (Å²) in [5, 5.41) is 2.83. The molecule has 4 nitrogen and oxygen atoms in total. The van der Waals surface area contributed by atoms with Crippen LogP contribution >= 0.6 is 11.6 Å². The van der Waals surface area contributed by atoms with Crippen LogP contribution in [0.4, 0.5) is 10.1 Å². The van der Waals surface area contributed by atoms with Gasteiger partial charge in [-0.05, 0) is 31.2 Å². The molecule has 0 aliphatic heterocycles. The summed E-state index contributed by atoms with van der Waals surface area (Å²) in [6.45, 7) is 1.74. The highest BCUT2D eigenvalue weighted by Gasteiger charge is 2.08. The zero-order valence-electron chi connectivity index (χ0n) is 9.45. The first-order valence-electron chi connectivity index (χ1n) is 5.12. The number of aromatic nitrogens is 2. The highest BCUT2D eigenvalue weighted by atomic mass is 35.5. The van der Waals surface area contributed by atoms with Gasteiger partial charge in [0, 0.05) is 11.3 Å². The SMILES string of the molecule is Cc1cc(C(=O)Nc2ccc(F)nc2)cc(Cl)n1. The van der Waals surface area contributed by atoms with Crippen molar-refractivity contribution < 1.29 is 9.18 Å². The minimum atomic E-state index is -0.601. The van der Waals surface area contributed by atoms with Gasteiger partial charge in [-0.3, -0.25) is 4.79 Å². The molecule has 92 valence electrons. The second-order valence-corrected chi connectivity index (χ2v) is 4.03. The van der Waals surface area contributed by atoms with Gasteiger partial charge in [0.25, 0.3) is 5.91 Å². The lowest BCUT2D eigenvalue weighted by Crippen LogP contribution is -2.12. The maximum absolute atomic E-state index is 12.6. The number of anilines is 1. The Balaban J connectivity index is 2.19. The predicted molar refractivity (Wildman–Crippen MR) is 66.1 cm³/mol. The van der Waals surface area contributed by atoms with Crippen molar-refractivity contribution in [1.29, 1.82) is 0 Å². The lowest BCUT2D eigenvalue weighted by Gasteiger charge is -2.05. The van der Waals surface area contributed by atoms with Crippen LogP contribution in [-0.4, -0.2) is 15.9 Å². The van der Waals surface area contributed by atoms with Crippen LogP contribution in [0.5, 0.6) is 0 Å². The number of carbonyl (C=O) groups is 1. The average molecular weight is 266 g/mol. The number of hydrogen-bond donors (Lipinski definition) is 1. The summed E-state index contributed by atoms with van der Waals surface area (Å²) >= 11 is 5.76. The van der Waals surface area contributed by atoms with Crippen LogP contribution in [0.25, 0.3) is 0 Å². The zero-order chi connectivity index (χ0) is 13.1. The van der Waals surface area contributed by atoms with Crippen LogP contribution < -0.4 is 5.32 Å². The second kappa shape index (κ2) is 5.10. The Labute approximate surface area is 108 Å². The zero-order valence-corrected chi connectivity index (χ0v) is 10.2. The van der Waals surface area contributed by atoms with Crippen LogP contribution in [0.2, 0.25) is 5.15 Å². The van der Waals surface area contributed by atoms with Crippen LogP contribution in [0, 0.1) is 12.9 Å². The van der Waals surface area contributed by atoms with Gasteiger partial charge in [-0.15, -0.1) is 0 Å². The van der Waals surface area contributed by atoms with Gasteiger partial charge in [-0.2, -0.15) is 4.39 Å². The third kappa shape index (κ3) is 3.01. The van der Waals surface area contributed by atoms with Crippen molar-refractivity contribution in [2.45, 2.75) is 6.92 Å². The highest BCUT2D eigenvalue weighted by molar-refractivity contribution is 6.29. The van der Waals surface area contributed by atoms with Crippen molar-refractivity contribution in [3.8, 4) is 0 Å². The minimum absolute atomic E-state index is 0.248. The molecule has 0 aromatic carbocycles. The third-order valence-electron chi connectivity index (χ3n) is 2.17. The summed E-state index contributed by atoms with van der Waals surface area (Å²) in [7, 11) is 0. The lowest BCUT2D eigenvalue weighted by molar-refractivity contribution is 0.102. The van der Waals surface area contributed by atoms with Crippen LogP contribution in [0.1, 0.15) is 16.1 Å². The van der Waals surface area contributed by atoms with E-state index in [1.165, 1.54) is 24.4 Å². The standard InChI is InChI=1S/C12H9ClFN3O/c1-7-4-8(5-10(13)16-7)12(18)17-9-2-3-11(14)15-6-9/h2-6H,1H3,(H,17,18). The van der Waals surface area contributed by atoms with Crippen LogP contribution in [0.15, 0.2) is 30.5 Å². The third-order valence-corrected chi connectivity index (χ3v) is 2.36. The smallest absolute Gasteiger partial charge is 0.255 e. The van der Waals surface area contributed by atoms with Gasteiger partial charge >= 0.3 is 0 Å². The van der Waals surface area contributed by atoms with E-state index < -0.39 is 5.95 Å². The topological polar surface area (TPSA) is 54.9 Å². The summed E-state index contributed by atoms with van der Waals surface area (Å²) in [5.41, 5.74) is 1.44. The first kappa shape index (κ1) is 12.4. The molecule has 0 unspecified atom stereocenters. The molecule has 2 heterocycles. The maximum Gasteiger partial charge on any atom is 0.255 e. The molecule has 0 saturated carbocycles. The Morgan fingerprint density at radius 1 is 1.39 bits per heavy atom. The average Bonchev–Trinajstić information content (AvgIpc) is 2.31. The number of nitrogens with zero attached hydrogens (tertiary/aromatic N) is 2. The Bertz CT molecular complexity index is 566. The Kier molecular flexibility index (Phi) is 3.53. The molecule has 2 aromatic rings. The van der Waals surface area contributed by atoms with Crippen molar-refractivity contribution >= 4 is 23.2 Å². The number of pyridine rings is 2. The molecule has 0 saturated heterocycles. The largest absolute Gasteiger partial charge is 0.321 e. The van der Waals surface area contributed by atoms with Gasteiger partial charge in [0.15, 0.2) is 0 Å². The summed E-state index contributed by atoms with van der Waals surface area (Å²) < 4.78 is 12.6. The molecular formula is C12H9ClFN3O. The van der Waals surface area contributed by atoms with Gasteiger partial charge in [0.2, 0.25) is 5.95 Å². The van der Waals surface area contributed by atoms with E-state index in [0.717, 1.165) is 0 Å². The number of carbonyl (C=O) groups excluding carboxylic acids is 1. The molecular weight excluding hydrogens is 257 g/mol. The van der Waals surface area contributed by atoms with Gasteiger partial charge in [-0.25, -0.2) is 9.97 Å². The van der Waals surface area contributed by atoms with Crippen molar-refractivity contribution in [2.75, 3.05) is 5.32 Å². The second-order valence-electron chi connectivity index (χ2n) is 3.64. The molecule has 18 heavy (non-hydrogen) atoms. The molecule has 0 atom stereocenters. The number of amides is 1. The van der Waals surface area contributed by atoms with E-state index in [-0.39, 0.29) is 11.1 Å². The summed E-state index contributed by atoms with van der Waals surface area (Å²) in [6.07, 6.45) is 1.24. The molecule has 1 N–H and O–H groups in total. The monoisotopic (exact) mass is 265 g/mol. The molecule has 6 heteroatoms. The summed E-state index contributed by atoms with van der Waals surface area (Å²) in [6, 6.07) is 5.66. The van der Waals surface area contributed by atoms with Gasteiger partial charge < -0.3 is 5.32 Å². The molecule has 2 aromatic heterocycles. The van der Waals surface area contributed by atoms with Gasteiger partial charge in [-0.1, -0.05) is 11.6 Å². The molecule has 0 aliphatic rings. The Morgan fingerprint density at radius 3 is 2.78 bits per heavy atom. The quantitative estimate of drug-likeness (QED) is 0.850. The fraction of sp³-hybridized carbons (Fsp3) is 0.0833. The van der Waals surface area contributed by atoms with Crippen molar-refractivity contribution in [3.05, 3.63) is 52.8 Å². The Morgan fingerprint density at radius 2 is 2.17 bits per heavy atom. The van der Waals surface area contributed by atoms with Crippen LogP contribution in [-0.2, 0) is 0 Å². The summed E-state index contributed by atoms with van der Waals surface area (Å²) in [4.78, 5) is 19.3. The van der Waals surface area contributed by atoms with E-state index in [1.54, 1.807) is 13.0 Å². The van der Waals surface area contributed by atoms with Crippen molar-refractivity contribution in [2.24, 2.45) is 0 Å². The molecule has 0 fully saturated rings. The normalized spacial score (nSPS) is 10.2. The molecule has 0 aliphatic carbocycles. The van der Waals surface area contributed by atoms with Crippen molar-refractivity contribution in [1.82, 2.24) is 9.97 Å². The van der Waals surface area contributed by atoms with Crippen LogP contribution in [0.3, 0.4) is 0 Å². The predicted octanol–water partition coefficient (Wildman–Crippen LogP) is 2.83. The van der Waals surface area contributed by atoms with E-state index in [0.29, 0.717) is 16.9 Å². The number of halogens is 2. The fourth-order valence-electron chi connectivity index (χ4n) is 1.41. The van der Waals surface area contributed by atoms with E-state index in [2.05, 4.69) is 15.3 Å². The molecule has 1 amide bonds. The Hall–Kier alpha value is -2.01. The van der Waals surface area contributed by atoms with E-state index in [9.17, 15) is 9.18 Å². The van der Waals surface area contributed by atoms with E-state index in [4.69, 9.17) is 11.6 Å². The number of rotatable bonds is 2. The van der Waals surface area contributed by atoms with Gasteiger partial charge in [0.05, 0.1) is 11.9 Å². The molecule has 0 spiro atoms. The number of aryl methyl sites for hydroxylation is 1. The molecule has 0 radical (unpaired) electrons. The van der Waals surface area contributed by atoms with E-state index >= 15 is 0 Å². The molecule has 0 bridgehead atoms. The first-order valence-corrected chi connectivity index (χ1v) is 5.49. The lowest BCUT2D eigenvalue weighted by atomic mass is 10.2. The number of nitrogens with one attached hydrogen (secondary N) is 1. The number of hydrogen-bond acceptors (Lipinski definition) is 3. The summed E-state index contributed by atoms with van der Waals surface area (Å²) in [5.74, 6) is -0.952. The van der Waals surface area contributed by atoms with E-state index in [1.807, 2.05) is 0 Å². The minimum Gasteiger partial charge on any atom is -0.321 e. The van der Waals surface area contributed by atoms with Gasteiger partial charge in [0.1, 0.15) is 5.15 Å². The fourth-order valence-corrected chi connectivity index (χ4v) is 1.66.